The van der Waals surface area contributed by atoms with Gasteiger partial charge in [0.05, 0.1) is 6.10 Å². The van der Waals surface area contributed by atoms with Crippen molar-refractivity contribution in [1.82, 2.24) is 10.3 Å². The van der Waals surface area contributed by atoms with Gasteiger partial charge in [-0.1, -0.05) is 13.8 Å². The molecule has 5 heteroatoms. The fraction of sp³-hybridized carbons (Fsp3) is 0.571. The Bertz CT molecular complexity index is 522. The van der Waals surface area contributed by atoms with E-state index in [0.29, 0.717) is 12.8 Å². The molecule has 0 bridgehead atoms. The second-order valence-electron chi connectivity index (χ2n) is 5.45. The Morgan fingerprint density at radius 1 is 1.42 bits per heavy atom. The summed E-state index contributed by atoms with van der Waals surface area (Å²) in [6, 6.07) is 3.30. The molecule has 1 saturated carbocycles. The lowest BCUT2D eigenvalue weighted by Crippen LogP contribution is -2.36. The first-order valence-corrected chi connectivity index (χ1v) is 6.69. The van der Waals surface area contributed by atoms with Gasteiger partial charge in [0.25, 0.3) is 11.5 Å². The highest BCUT2D eigenvalue weighted by Crippen LogP contribution is 2.19. The normalized spacial score (nSPS) is 22.7. The summed E-state index contributed by atoms with van der Waals surface area (Å²) in [6.45, 7) is 3.95. The van der Waals surface area contributed by atoms with Crippen molar-refractivity contribution in [2.24, 2.45) is 0 Å². The number of aromatic nitrogens is 1. The number of aliphatic hydroxyl groups excluding tert-OH is 1. The minimum Gasteiger partial charge on any atom is -0.393 e. The molecule has 1 aromatic heterocycles. The van der Waals surface area contributed by atoms with Crippen LogP contribution in [0.1, 0.15) is 55.1 Å². The molecule has 0 aliphatic heterocycles. The summed E-state index contributed by atoms with van der Waals surface area (Å²) in [5, 5.41) is 12.2. The molecule has 2 rings (SSSR count). The van der Waals surface area contributed by atoms with Crippen LogP contribution in [0.5, 0.6) is 0 Å². The maximum atomic E-state index is 12.0. The number of nitrogens with one attached hydrogen (secondary N) is 2. The molecule has 3 N–H and O–H groups in total. The highest BCUT2D eigenvalue weighted by molar-refractivity contribution is 5.94. The van der Waals surface area contributed by atoms with Crippen LogP contribution >= 0.6 is 0 Å². The van der Waals surface area contributed by atoms with Crippen molar-refractivity contribution in [1.29, 1.82) is 0 Å². The maximum Gasteiger partial charge on any atom is 0.261 e. The number of amides is 1. The molecule has 0 saturated heterocycles. The molecule has 1 aliphatic rings. The van der Waals surface area contributed by atoms with Crippen molar-refractivity contribution >= 4 is 5.91 Å². The highest BCUT2D eigenvalue weighted by atomic mass is 16.3. The van der Waals surface area contributed by atoms with E-state index in [0.717, 1.165) is 12.1 Å². The van der Waals surface area contributed by atoms with E-state index in [9.17, 15) is 14.7 Å². The molecule has 2 atom stereocenters. The number of aliphatic hydroxyl groups is 1. The molecule has 1 amide bonds. The highest BCUT2D eigenvalue weighted by Gasteiger charge is 2.25. The van der Waals surface area contributed by atoms with Crippen LogP contribution < -0.4 is 10.9 Å². The second-order valence-corrected chi connectivity index (χ2v) is 5.45. The van der Waals surface area contributed by atoms with E-state index in [1.807, 2.05) is 13.8 Å². The fourth-order valence-corrected chi connectivity index (χ4v) is 2.36. The molecule has 0 spiro atoms. The minimum atomic E-state index is -0.365. The van der Waals surface area contributed by atoms with Crippen LogP contribution in [0.25, 0.3) is 0 Å². The van der Waals surface area contributed by atoms with E-state index in [-0.39, 0.29) is 35.1 Å². The zero-order chi connectivity index (χ0) is 14.0. The van der Waals surface area contributed by atoms with Gasteiger partial charge >= 0.3 is 0 Å². The number of pyridine rings is 1. The smallest absolute Gasteiger partial charge is 0.261 e. The first-order valence-electron chi connectivity index (χ1n) is 6.69. The average Bonchev–Trinajstić information content (AvgIpc) is 2.74. The Labute approximate surface area is 112 Å². The summed E-state index contributed by atoms with van der Waals surface area (Å²) in [6.07, 6.45) is 1.68. The van der Waals surface area contributed by atoms with Gasteiger partial charge in [0.1, 0.15) is 5.56 Å². The maximum absolute atomic E-state index is 12.0. The van der Waals surface area contributed by atoms with Gasteiger partial charge in [0.15, 0.2) is 0 Å². The van der Waals surface area contributed by atoms with E-state index in [1.54, 1.807) is 12.1 Å². The van der Waals surface area contributed by atoms with Gasteiger partial charge in [-0.25, -0.2) is 0 Å². The molecule has 0 radical (unpaired) electrons. The molecule has 0 aromatic carbocycles. The third-order valence-corrected chi connectivity index (χ3v) is 3.54. The van der Waals surface area contributed by atoms with E-state index < -0.39 is 0 Å². The molecule has 1 aliphatic carbocycles. The summed E-state index contributed by atoms with van der Waals surface area (Å²) in [5.41, 5.74) is 0.589. The topological polar surface area (TPSA) is 82.2 Å². The predicted molar refractivity (Wildman–Crippen MR) is 72.3 cm³/mol. The van der Waals surface area contributed by atoms with Crippen LogP contribution in [-0.4, -0.2) is 28.1 Å². The summed E-state index contributed by atoms with van der Waals surface area (Å²) in [4.78, 5) is 26.6. The van der Waals surface area contributed by atoms with Crippen LogP contribution in [0.3, 0.4) is 0 Å². The molecule has 1 fully saturated rings. The standard InChI is InChI=1S/C14H20N2O3/c1-8(2)12-6-5-11(14(19)16-12)13(18)15-9-3-4-10(17)7-9/h5-6,8-10,17H,3-4,7H2,1-2H3,(H,15,18)(H,16,19)/t9-,10+/m1/s1. The quantitative estimate of drug-likeness (QED) is 0.765. The molecule has 104 valence electrons. The average molecular weight is 264 g/mol. The lowest BCUT2D eigenvalue weighted by Gasteiger charge is -2.12. The zero-order valence-electron chi connectivity index (χ0n) is 11.3. The number of hydrogen-bond donors (Lipinski definition) is 3. The monoisotopic (exact) mass is 264 g/mol. The third-order valence-electron chi connectivity index (χ3n) is 3.54. The van der Waals surface area contributed by atoms with Gasteiger partial charge in [0, 0.05) is 11.7 Å². The molecule has 5 nitrogen and oxygen atoms in total. The predicted octanol–water partition coefficient (Wildman–Crippen LogP) is 1.14. The number of aromatic amines is 1. The van der Waals surface area contributed by atoms with Crippen molar-refractivity contribution in [3.05, 3.63) is 33.7 Å². The molecular formula is C14H20N2O3. The van der Waals surface area contributed by atoms with Gasteiger partial charge in [-0.05, 0) is 37.3 Å². The van der Waals surface area contributed by atoms with Crippen LogP contribution in [0.15, 0.2) is 16.9 Å². The number of hydrogen-bond acceptors (Lipinski definition) is 3. The van der Waals surface area contributed by atoms with Gasteiger partial charge < -0.3 is 15.4 Å². The van der Waals surface area contributed by atoms with Crippen molar-refractivity contribution in [3.63, 3.8) is 0 Å². The van der Waals surface area contributed by atoms with Crippen LogP contribution in [0.2, 0.25) is 0 Å². The Kier molecular flexibility index (Phi) is 4.04. The minimum absolute atomic E-state index is 0.0355. The van der Waals surface area contributed by atoms with Crippen LogP contribution in [-0.2, 0) is 0 Å². The number of rotatable bonds is 3. The van der Waals surface area contributed by atoms with Gasteiger partial charge in [-0.15, -0.1) is 0 Å². The van der Waals surface area contributed by atoms with E-state index in [1.165, 1.54) is 0 Å². The van der Waals surface area contributed by atoms with E-state index in [4.69, 9.17) is 0 Å². The van der Waals surface area contributed by atoms with E-state index >= 15 is 0 Å². The number of carbonyl (C=O) groups is 1. The SMILES string of the molecule is CC(C)c1ccc(C(=O)N[C@@H]2CC[C@H](O)C2)c(=O)[nH]1. The van der Waals surface area contributed by atoms with Crippen LogP contribution in [0.4, 0.5) is 0 Å². The molecule has 1 aromatic rings. The van der Waals surface area contributed by atoms with Gasteiger partial charge in [0.2, 0.25) is 0 Å². The first-order chi connectivity index (χ1) is 8.97. The van der Waals surface area contributed by atoms with Crippen molar-refractivity contribution in [2.45, 2.75) is 51.2 Å². The summed E-state index contributed by atoms with van der Waals surface area (Å²) in [7, 11) is 0. The van der Waals surface area contributed by atoms with E-state index in [2.05, 4.69) is 10.3 Å². The van der Waals surface area contributed by atoms with Crippen molar-refractivity contribution in [3.8, 4) is 0 Å². The summed E-state index contributed by atoms with van der Waals surface area (Å²) in [5.74, 6) is -0.148. The summed E-state index contributed by atoms with van der Waals surface area (Å²) < 4.78 is 0. The molecule has 19 heavy (non-hydrogen) atoms. The van der Waals surface area contributed by atoms with Gasteiger partial charge in [-0.2, -0.15) is 0 Å². The Morgan fingerprint density at radius 2 is 2.16 bits per heavy atom. The lowest BCUT2D eigenvalue weighted by atomic mass is 10.1. The largest absolute Gasteiger partial charge is 0.393 e. The number of H-pyrrole nitrogens is 1. The molecule has 1 heterocycles. The first kappa shape index (κ1) is 13.8. The Balaban J connectivity index is 2.09. The molecule has 0 unspecified atom stereocenters. The zero-order valence-corrected chi connectivity index (χ0v) is 11.3. The van der Waals surface area contributed by atoms with Gasteiger partial charge in [-0.3, -0.25) is 9.59 Å². The fourth-order valence-electron chi connectivity index (χ4n) is 2.36. The Morgan fingerprint density at radius 3 is 2.68 bits per heavy atom. The van der Waals surface area contributed by atoms with Crippen LogP contribution in [0, 0.1) is 0 Å². The Hall–Kier alpha value is -1.62. The molecular weight excluding hydrogens is 244 g/mol. The second kappa shape index (κ2) is 5.57. The van der Waals surface area contributed by atoms with Crippen molar-refractivity contribution in [2.75, 3.05) is 0 Å². The lowest BCUT2D eigenvalue weighted by molar-refractivity contribution is 0.0932. The number of carbonyl (C=O) groups excluding carboxylic acids is 1. The summed E-state index contributed by atoms with van der Waals surface area (Å²) >= 11 is 0. The third kappa shape index (κ3) is 3.23. The van der Waals surface area contributed by atoms with Crippen molar-refractivity contribution < 1.29 is 9.90 Å².